The van der Waals surface area contributed by atoms with Crippen molar-refractivity contribution in [2.24, 2.45) is 0 Å². The third-order valence-corrected chi connectivity index (χ3v) is 2.01. The molecule has 2 atom stereocenters. The summed E-state index contributed by atoms with van der Waals surface area (Å²) in [4.78, 5) is 0. The van der Waals surface area contributed by atoms with Crippen molar-refractivity contribution in [2.75, 3.05) is 7.05 Å². The van der Waals surface area contributed by atoms with Crippen LogP contribution in [0, 0.1) is 0 Å². The first-order valence-corrected chi connectivity index (χ1v) is 4.12. The molecule has 0 aromatic heterocycles. The second kappa shape index (κ2) is 4.21. The molecule has 1 N–H and O–H groups in total. The smallest absolute Gasteiger partial charge is 0.140 e. The van der Waals surface area contributed by atoms with Crippen LogP contribution >= 0.6 is 0 Å². The first-order valence-electron chi connectivity index (χ1n) is 4.12. The fourth-order valence-corrected chi connectivity index (χ4v) is 1.07. The van der Waals surface area contributed by atoms with Gasteiger partial charge in [-0.25, -0.2) is 4.39 Å². The van der Waals surface area contributed by atoms with E-state index in [0.717, 1.165) is 5.56 Å². The van der Waals surface area contributed by atoms with Crippen molar-refractivity contribution in [3.63, 3.8) is 0 Å². The summed E-state index contributed by atoms with van der Waals surface area (Å²) in [5, 5.41) is 2.89. The highest BCUT2D eigenvalue weighted by Gasteiger charge is 2.15. The van der Waals surface area contributed by atoms with Crippen LogP contribution in [0.5, 0.6) is 0 Å². The lowest BCUT2D eigenvalue weighted by atomic mass is 10.1. The standard InChI is InChI=1S/C10H14FN/c1-8(12-2)10(11)9-6-4-3-5-7-9/h3-8,10,12H,1-2H3/t8-,10+/m0/s1/i11-1. The first-order chi connectivity index (χ1) is 5.75. The van der Waals surface area contributed by atoms with Gasteiger partial charge in [0.2, 0.25) is 0 Å². The van der Waals surface area contributed by atoms with Gasteiger partial charge in [-0.15, -0.1) is 0 Å². The number of alkyl halides is 1. The van der Waals surface area contributed by atoms with E-state index in [4.69, 9.17) is 0 Å². The highest BCUT2D eigenvalue weighted by molar-refractivity contribution is 5.18. The molecule has 0 fully saturated rings. The summed E-state index contributed by atoms with van der Waals surface area (Å²) in [6, 6.07) is 9.07. The minimum atomic E-state index is -0.920. The zero-order valence-electron chi connectivity index (χ0n) is 7.42. The largest absolute Gasteiger partial charge is 0.314 e. The van der Waals surface area contributed by atoms with Gasteiger partial charge in [-0.3, -0.25) is 0 Å². The number of rotatable bonds is 3. The molecule has 1 nitrogen and oxygen atoms in total. The van der Waals surface area contributed by atoms with Gasteiger partial charge < -0.3 is 5.32 Å². The van der Waals surface area contributed by atoms with Crippen LogP contribution in [0.3, 0.4) is 0 Å². The lowest BCUT2D eigenvalue weighted by Crippen LogP contribution is -2.26. The predicted molar refractivity (Wildman–Crippen MR) is 48.8 cm³/mol. The Morgan fingerprint density at radius 2 is 1.83 bits per heavy atom. The van der Waals surface area contributed by atoms with Gasteiger partial charge in [-0.05, 0) is 19.5 Å². The van der Waals surface area contributed by atoms with Crippen LogP contribution in [-0.2, 0) is 0 Å². The van der Waals surface area contributed by atoms with E-state index in [1.807, 2.05) is 25.1 Å². The first kappa shape index (κ1) is 9.20. The Labute approximate surface area is 72.6 Å². The number of hydrogen-bond donors (Lipinski definition) is 1. The van der Waals surface area contributed by atoms with Gasteiger partial charge in [0, 0.05) is 6.04 Å². The lowest BCUT2D eigenvalue weighted by Gasteiger charge is -2.15. The summed E-state index contributed by atoms with van der Waals surface area (Å²) in [5.41, 5.74) is 0.736. The number of likely N-dealkylation sites (N-methyl/N-ethyl adjacent to an activating group) is 1. The molecule has 0 saturated carbocycles. The molecule has 1 aromatic carbocycles. The maximum absolute atomic E-state index is 13.5. The van der Waals surface area contributed by atoms with Crippen LogP contribution in [0.25, 0.3) is 0 Å². The molecule has 1 rings (SSSR count). The Kier molecular flexibility index (Phi) is 3.23. The molecular weight excluding hydrogens is 152 g/mol. The highest BCUT2D eigenvalue weighted by Crippen LogP contribution is 2.20. The highest BCUT2D eigenvalue weighted by atomic mass is 18.2. The van der Waals surface area contributed by atoms with Gasteiger partial charge in [-0.1, -0.05) is 30.3 Å². The van der Waals surface area contributed by atoms with Crippen LogP contribution in [0.4, 0.5) is 4.39 Å². The third-order valence-electron chi connectivity index (χ3n) is 2.01. The van der Waals surface area contributed by atoms with E-state index in [1.54, 1.807) is 19.2 Å². The van der Waals surface area contributed by atoms with Crippen LogP contribution in [-0.4, -0.2) is 13.1 Å². The molecule has 0 amide bonds. The Bertz CT molecular complexity index is 223. The van der Waals surface area contributed by atoms with Crippen molar-refractivity contribution < 1.29 is 4.39 Å². The van der Waals surface area contributed by atoms with Crippen molar-refractivity contribution in [1.82, 2.24) is 5.32 Å². The van der Waals surface area contributed by atoms with Gasteiger partial charge in [0.1, 0.15) is 6.17 Å². The fourth-order valence-electron chi connectivity index (χ4n) is 1.07. The summed E-state index contributed by atoms with van der Waals surface area (Å²) in [7, 11) is 1.76. The SMILES string of the molecule is CN[C@@H](C)[C@@H]([18F])c1ccccc1. The molecule has 0 saturated heterocycles. The van der Waals surface area contributed by atoms with E-state index in [1.165, 1.54) is 0 Å². The van der Waals surface area contributed by atoms with Crippen molar-refractivity contribution in [3.05, 3.63) is 35.9 Å². The van der Waals surface area contributed by atoms with Crippen molar-refractivity contribution in [3.8, 4) is 0 Å². The second-order valence-electron chi connectivity index (χ2n) is 2.89. The normalized spacial score (nSPS) is 15.6. The molecule has 66 valence electrons. The second-order valence-corrected chi connectivity index (χ2v) is 2.89. The molecule has 2 heteroatoms. The van der Waals surface area contributed by atoms with E-state index >= 15 is 0 Å². The van der Waals surface area contributed by atoms with Gasteiger partial charge in [0.05, 0.1) is 0 Å². The van der Waals surface area contributed by atoms with Crippen molar-refractivity contribution >= 4 is 0 Å². The summed E-state index contributed by atoms with van der Waals surface area (Å²) in [6.07, 6.45) is -0.920. The Morgan fingerprint density at radius 3 is 2.33 bits per heavy atom. The Hall–Kier alpha value is -0.890. The minimum absolute atomic E-state index is 0.132. The van der Waals surface area contributed by atoms with Crippen LogP contribution in [0.15, 0.2) is 30.3 Å². The summed E-state index contributed by atoms with van der Waals surface area (Å²) in [6.45, 7) is 1.83. The maximum Gasteiger partial charge on any atom is 0.140 e. The number of hydrogen-bond acceptors (Lipinski definition) is 1. The summed E-state index contributed by atoms with van der Waals surface area (Å²) < 4.78 is 13.5. The fraction of sp³-hybridized carbons (Fsp3) is 0.400. The minimum Gasteiger partial charge on any atom is -0.314 e. The lowest BCUT2D eigenvalue weighted by molar-refractivity contribution is 0.275. The summed E-state index contributed by atoms with van der Waals surface area (Å²) >= 11 is 0. The quantitative estimate of drug-likeness (QED) is 0.726. The number of nitrogens with one attached hydrogen (secondary N) is 1. The van der Waals surface area contributed by atoms with Crippen LogP contribution in [0.2, 0.25) is 0 Å². The monoisotopic (exact) mass is 166 g/mol. The molecule has 0 radical (unpaired) electrons. The topological polar surface area (TPSA) is 12.0 Å². The van der Waals surface area contributed by atoms with Crippen molar-refractivity contribution in [2.45, 2.75) is 19.1 Å². The van der Waals surface area contributed by atoms with Crippen molar-refractivity contribution in [1.29, 1.82) is 0 Å². The van der Waals surface area contributed by atoms with Crippen LogP contribution < -0.4 is 5.32 Å². The Balaban J connectivity index is 2.71. The van der Waals surface area contributed by atoms with Gasteiger partial charge in [-0.2, -0.15) is 0 Å². The Morgan fingerprint density at radius 1 is 1.25 bits per heavy atom. The van der Waals surface area contributed by atoms with Gasteiger partial charge in [0.25, 0.3) is 0 Å². The van der Waals surface area contributed by atoms with E-state index < -0.39 is 6.17 Å². The molecule has 0 unspecified atom stereocenters. The molecule has 0 spiro atoms. The molecule has 0 bridgehead atoms. The predicted octanol–water partition coefficient (Wildman–Crippen LogP) is 2.31. The molecular formula is C10H14FN. The average molecular weight is 166 g/mol. The van der Waals surface area contributed by atoms with E-state index in [-0.39, 0.29) is 6.04 Å². The zero-order valence-corrected chi connectivity index (χ0v) is 7.42. The van der Waals surface area contributed by atoms with E-state index in [9.17, 15) is 4.39 Å². The van der Waals surface area contributed by atoms with Gasteiger partial charge in [0.15, 0.2) is 0 Å². The molecule has 12 heavy (non-hydrogen) atoms. The molecule has 0 aliphatic heterocycles. The third kappa shape index (κ3) is 2.05. The average Bonchev–Trinajstić information content (AvgIpc) is 2.17. The molecule has 1 aromatic rings. The number of benzene rings is 1. The molecule has 0 aliphatic rings. The number of halogens is 1. The summed E-state index contributed by atoms with van der Waals surface area (Å²) in [5.74, 6) is 0. The van der Waals surface area contributed by atoms with E-state index in [2.05, 4.69) is 5.32 Å². The molecule has 0 aliphatic carbocycles. The molecule has 0 heterocycles. The van der Waals surface area contributed by atoms with E-state index in [0.29, 0.717) is 0 Å². The van der Waals surface area contributed by atoms with Gasteiger partial charge >= 0.3 is 0 Å². The zero-order chi connectivity index (χ0) is 8.97. The van der Waals surface area contributed by atoms with Crippen LogP contribution in [0.1, 0.15) is 18.7 Å². The maximum atomic E-state index is 13.5.